The molecular formula is C14H28N2O. The highest BCUT2D eigenvalue weighted by atomic mass is 16.5. The Hall–Kier alpha value is -0.120. The largest absolute Gasteiger partial charge is 0.373 e. The van der Waals surface area contributed by atoms with E-state index in [-0.39, 0.29) is 0 Å². The van der Waals surface area contributed by atoms with Crippen LogP contribution in [0.15, 0.2) is 0 Å². The number of hydrogen-bond donors (Lipinski definition) is 1. The first kappa shape index (κ1) is 13.3. The summed E-state index contributed by atoms with van der Waals surface area (Å²) < 4.78 is 5.79. The zero-order valence-corrected chi connectivity index (χ0v) is 11.6. The molecule has 3 nitrogen and oxygen atoms in total. The van der Waals surface area contributed by atoms with Gasteiger partial charge in [0.15, 0.2) is 0 Å². The van der Waals surface area contributed by atoms with Crippen LogP contribution < -0.4 is 5.32 Å². The zero-order chi connectivity index (χ0) is 12.3. The standard InChI is InChI=1S/C14H28N2O/c1-4-7-15-14(13-5-6-13)10-16-8-11(2)17-12(3)9-16/h11-15H,4-10H2,1-3H3/t11-,12+,14?. The van der Waals surface area contributed by atoms with Crippen molar-refractivity contribution in [1.82, 2.24) is 10.2 Å². The van der Waals surface area contributed by atoms with E-state index in [2.05, 4.69) is 31.0 Å². The van der Waals surface area contributed by atoms with Crippen molar-refractivity contribution in [3.8, 4) is 0 Å². The monoisotopic (exact) mass is 240 g/mol. The van der Waals surface area contributed by atoms with Gasteiger partial charge in [0, 0.05) is 25.7 Å². The van der Waals surface area contributed by atoms with Crippen LogP contribution in [0, 0.1) is 5.92 Å². The second kappa shape index (κ2) is 6.17. The number of nitrogens with one attached hydrogen (secondary N) is 1. The Labute approximate surface area is 106 Å². The van der Waals surface area contributed by atoms with E-state index in [0.29, 0.717) is 18.2 Å². The van der Waals surface area contributed by atoms with E-state index >= 15 is 0 Å². The maximum Gasteiger partial charge on any atom is 0.0678 e. The smallest absolute Gasteiger partial charge is 0.0678 e. The maximum atomic E-state index is 5.79. The van der Waals surface area contributed by atoms with Gasteiger partial charge in [-0.25, -0.2) is 0 Å². The molecule has 3 heteroatoms. The molecule has 1 saturated carbocycles. The van der Waals surface area contributed by atoms with Crippen molar-refractivity contribution < 1.29 is 4.74 Å². The molecule has 2 fully saturated rings. The fourth-order valence-corrected chi connectivity index (χ4v) is 2.92. The van der Waals surface area contributed by atoms with Crippen LogP contribution in [0.25, 0.3) is 0 Å². The van der Waals surface area contributed by atoms with Gasteiger partial charge in [-0.15, -0.1) is 0 Å². The van der Waals surface area contributed by atoms with Crippen molar-refractivity contribution in [3.05, 3.63) is 0 Å². The molecule has 2 rings (SSSR count). The lowest BCUT2D eigenvalue weighted by Gasteiger charge is -2.37. The van der Waals surface area contributed by atoms with Crippen LogP contribution in [0.1, 0.15) is 40.0 Å². The van der Waals surface area contributed by atoms with E-state index in [1.165, 1.54) is 25.8 Å². The topological polar surface area (TPSA) is 24.5 Å². The highest BCUT2D eigenvalue weighted by Crippen LogP contribution is 2.33. The molecule has 0 spiro atoms. The molecule has 0 amide bonds. The van der Waals surface area contributed by atoms with E-state index in [4.69, 9.17) is 4.74 Å². The van der Waals surface area contributed by atoms with E-state index in [0.717, 1.165) is 25.6 Å². The maximum absolute atomic E-state index is 5.79. The van der Waals surface area contributed by atoms with Crippen molar-refractivity contribution in [2.75, 3.05) is 26.2 Å². The van der Waals surface area contributed by atoms with Crippen LogP contribution in [-0.2, 0) is 4.74 Å². The predicted octanol–water partition coefficient (Wildman–Crippen LogP) is 1.87. The average Bonchev–Trinajstić information content (AvgIpc) is 3.06. The first-order valence-corrected chi connectivity index (χ1v) is 7.30. The molecule has 2 aliphatic rings. The molecule has 17 heavy (non-hydrogen) atoms. The number of rotatable bonds is 6. The summed E-state index contributed by atoms with van der Waals surface area (Å²) in [6, 6.07) is 0.715. The van der Waals surface area contributed by atoms with Crippen LogP contribution in [-0.4, -0.2) is 49.3 Å². The molecule has 0 radical (unpaired) electrons. The minimum Gasteiger partial charge on any atom is -0.373 e. The SMILES string of the molecule is CCCNC(CN1C[C@@H](C)O[C@@H](C)C1)C1CC1. The second-order valence-corrected chi connectivity index (χ2v) is 5.87. The molecule has 0 bridgehead atoms. The summed E-state index contributed by atoms with van der Waals surface area (Å²) in [5, 5.41) is 3.73. The highest BCUT2D eigenvalue weighted by Gasteiger charge is 2.33. The van der Waals surface area contributed by atoms with Gasteiger partial charge in [0.05, 0.1) is 12.2 Å². The van der Waals surface area contributed by atoms with E-state index in [1.807, 2.05) is 0 Å². The molecule has 1 heterocycles. The third-order valence-electron chi connectivity index (χ3n) is 3.80. The first-order chi connectivity index (χ1) is 8.19. The molecule has 100 valence electrons. The van der Waals surface area contributed by atoms with Gasteiger partial charge in [0.1, 0.15) is 0 Å². The summed E-state index contributed by atoms with van der Waals surface area (Å²) in [5.74, 6) is 0.940. The molecular weight excluding hydrogens is 212 g/mol. The van der Waals surface area contributed by atoms with Crippen molar-refractivity contribution >= 4 is 0 Å². The molecule has 3 atom stereocenters. The Kier molecular flexibility index (Phi) is 4.83. The molecule has 1 aliphatic heterocycles. The lowest BCUT2D eigenvalue weighted by Crippen LogP contribution is -2.51. The highest BCUT2D eigenvalue weighted by molar-refractivity contribution is 4.89. The van der Waals surface area contributed by atoms with E-state index in [9.17, 15) is 0 Å². The molecule has 1 saturated heterocycles. The summed E-state index contributed by atoms with van der Waals surface area (Å²) in [4.78, 5) is 2.59. The third kappa shape index (κ3) is 4.23. The van der Waals surface area contributed by atoms with Crippen LogP contribution >= 0.6 is 0 Å². The minimum absolute atomic E-state index is 0.393. The van der Waals surface area contributed by atoms with Gasteiger partial charge >= 0.3 is 0 Å². The van der Waals surface area contributed by atoms with Crippen molar-refractivity contribution in [1.29, 1.82) is 0 Å². The van der Waals surface area contributed by atoms with Crippen molar-refractivity contribution in [3.63, 3.8) is 0 Å². The Balaban J connectivity index is 1.79. The summed E-state index contributed by atoms with van der Waals surface area (Å²) in [7, 11) is 0. The molecule has 0 aromatic carbocycles. The summed E-state index contributed by atoms with van der Waals surface area (Å²) >= 11 is 0. The van der Waals surface area contributed by atoms with Gasteiger partial charge in [0.25, 0.3) is 0 Å². The molecule has 1 aliphatic carbocycles. The Morgan fingerprint density at radius 1 is 1.24 bits per heavy atom. The fourth-order valence-electron chi connectivity index (χ4n) is 2.92. The van der Waals surface area contributed by atoms with Crippen LogP contribution in [0.3, 0.4) is 0 Å². The number of morpholine rings is 1. The molecule has 1 unspecified atom stereocenters. The third-order valence-corrected chi connectivity index (χ3v) is 3.80. The van der Waals surface area contributed by atoms with Gasteiger partial charge in [0.2, 0.25) is 0 Å². The summed E-state index contributed by atoms with van der Waals surface area (Å²) in [5.41, 5.74) is 0. The number of nitrogens with zero attached hydrogens (tertiary/aromatic N) is 1. The molecule has 0 aromatic rings. The van der Waals surface area contributed by atoms with Crippen molar-refractivity contribution in [2.45, 2.75) is 58.3 Å². The van der Waals surface area contributed by atoms with Gasteiger partial charge in [-0.2, -0.15) is 0 Å². The van der Waals surface area contributed by atoms with Crippen molar-refractivity contribution in [2.24, 2.45) is 5.92 Å². The lowest BCUT2D eigenvalue weighted by molar-refractivity contribution is -0.0703. The summed E-state index contributed by atoms with van der Waals surface area (Å²) in [6.45, 7) is 11.2. The van der Waals surface area contributed by atoms with E-state index < -0.39 is 0 Å². The second-order valence-electron chi connectivity index (χ2n) is 5.87. The van der Waals surface area contributed by atoms with Gasteiger partial charge in [-0.1, -0.05) is 6.92 Å². The average molecular weight is 240 g/mol. The van der Waals surface area contributed by atoms with Gasteiger partial charge in [-0.05, 0) is 45.6 Å². The zero-order valence-electron chi connectivity index (χ0n) is 11.6. The number of ether oxygens (including phenoxy) is 1. The normalized spacial score (nSPS) is 32.6. The Morgan fingerprint density at radius 2 is 1.88 bits per heavy atom. The Morgan fingerprint density at radius 3 is 2.41 bits per heavy atom. The fraction of sp³-hybridized carbons (Fsp3) is 1.00. The van der Waals surface area contributed by atoms with Crippen LogP contribution in [0.5, 0.6) is 0 Å². The molecule has 1 N–H and O–H groups in total. The van der Waals surface area contributed by atoms with Crippen LogP contribution in [0.2, 0.25) is 0 Å². The molecule has 0 aromatic heterocycles. The van der Waals surface area contributed by atoms with Crippen LogP contribution in [0.4, 0.5) is 0 Å². The predicted molar refractivity (Wildman–Crippen MR) is 71.3 cm³/mol. The lowest BCUT2D eigenvalue weighted by atomic mass is 10.1. The number of hydrogen-bond acceptors (Lipinski definition) is 3. The minimum atomic E-state index is 0.393. The first-order valence-electron chi connectivity index (χ1n) is 7.30. The quantitative estimate of drug-likeness (QED) is 0.767. The van der Waals surface area contributed by atoms with E-state index in [1.54, 1.807) is 0 Å². The van der Waals surface area contributed by atoms with Gasteiger partial charge in [-0.3, -0.25) is 4.90 Å². The Bertz CT molecular complexity index is 220. The van der Waals surface area contributed by atoms with Gasteiger partial charge < -0.3 is 10.1 Å². The summed E-state index contributed by atoms with van der Waals surface area (Å²) in [6.07, 6.45) is 4.88.